The Morgan fingerprint density at radius 2 is 1.74 bits per heavy atom. The minimum Gasteiger partial charge on any atom is -0.467 e. The van der Waals surface area contributed by atoms with Crippen LogP contribution in [0.25, 0.3) is 0 Å². The van der Waals surface area contributed by atoms with Gasteiger partial charge >= 0.3 is 0 Å². The smallest absolute Gasteiger partial charge is 0.255 e. The van der Waals surface area contributed by atoms with Gasteiger partial charge in [0.2, 0.25) is 5.91 Å². The van der Waals surface area contributed by atoms with E-state index < -0.39 is 0 Å². The molecule has 0 radical (unpaired) electrons. The van der Waals surface area contributed by atoms with Gasteiger partial charge in [0.1, 0.15) is 11.1 Å². The summed E-state index contributed by atoms with van der Waals surface area (Å²) in [5.41, 5.74) is 2.46. The van der Waals surface area contributed by atoms with Gasteiger partial charge in [-0.05, 0) is 61.2 Å². The molecule has 2 aromatic carbocycles. The molecule has 0 spiro atoms. The third kappa shape index (κ3) is 5.12. The highest BCUT2D eigenvalue weighted by Crippen LogP contribution is 2.39. The van der Waals surface area contributed by atoms with E-state index in [1.54, 1.807) is 47.2 Å². The molecule has 0 unspecified atom stereocenters. The Balaban J connectivity index is 1.28. The number of para-hydroxylation sites is 1. The monoisotopic (exact) mass is 489 g/mol. The van der Waals surface area contributed by atoms with Gasteiger partial charge < -0.3 is 19.5 Å². The number of thioether (sulfide) groups is 1. The normalized spacial score (nSPS) is 18.1. The number of hydrogen-bond acceptors (Lipinski definition) is 5. The summed E-state index contributed by atoms with van der Waals surface area (Å²) in [5.74, 6) is 0.886. The fourth-order valence-corrected chi connectivity index (χ4v) is 5.70. The minimum absolute atomic E-state index is 0.0458. The first-order chi connectivity index (χ1) is 17.1. The van der Waals surface area contributed by atoms with Crippen LogP contribution in [-0.2, 0) is 11.3 Å². The number of rotatable bonds is 6. The molecule has 3 amide bonds. The van der Waals surface area contributed by atoms with Crippen LogP contribution in [0.5, 0.6) is 0 Å². The molecule has 0 aliphatic carbocycles. The molecule has 2 fully saturated rings. The fourth-order valence-electron chi connectivity index (χ4n) is 4.51. The van der Waals surface area contributed by atoms with Gasteiger partial charge in [0.05, 0.1) is 29.8 Å². The molecular weight excluding hydrogens is 462 g/mol. The zero-order chi connectivity index (χ0) is 24.2. The van der Waals surface area contributed by atoms with Crippen LogP contribution in [0.4, 0.5) is 5.69 Å². The lowest BCUT2D eigenvalue weighted by atomic mass is 10.1. The van der Waals surface area contributed by atoms with Crippen molar-refractivity contribution in [2.75, 3.05) is 24.2 Å². The van der Waals surface area contributed by atoms with Gasteiger partial charge in [0.15, 0.2) is 0 Å². The van der Waals surface area contributed by atoms with Crippen LogP contribution in [-0.4, -0.2) is 46.4 Å². The van der Waals surface area contributed by atoms with Gasteiger partial charge in [-0.2, -0.15) is 0 Å². The second kappa shape index (κ2) is 10.4. The van der Waals surface area contributed by atoms with Crippen molar-refractivity contribution >= 4 is 35.2 Å². The number of hydrogen-bond donors (Lipinski definition) is 1. The number of carbonyl (C=O) groups is 3. The quantitative estimate of drug-likeness (QED) is 0.531. The Kier molecular flexibility index (Phi) is 6.90. The second-order valence-corrected chi connectivity index (χ2v) is 9.81. The van der Waals surface area contributed by atoms with Crippen molar-refractivity contribution in [2.24, 2.45) is 0 Å². The van der Waals surface area contributed by atoms with Crippen molar-refractivity contribution in [3.05, 3.63) is 89.4 Å². The van der Waals surface area contributed by atoms with Crippen LogP contribution in [0, 0.1) is 0 Å². The van der Waals surface area contributed by atoms with E-state index in [2.05, 4.69) is 5.32 Å². The van der Waals surface area contributed by atoms with Gasteiger partial charge in [-0.3, -0.25) is 14.4 Å². The minimum atomic E-state index is -0.280. The predicted octanol–water partition coefficient (Wildman–Crippen LogP) is 4.93. The molecule has 8 heteroatoms. The molecule has 1 aromatic heterocycles. The summed E-state index contributed by atoms with van der Waals surface area (Å²) in [6.45, 7) is 1.91. The van der Waals surface area contributed by atoms with Gasteiger partial charge in [-0.1, -0.05) is 24.3 Å². The summed E-state index contributed by atoms with van der Waals surface area (Å²) in [5, 5.41) is 2.78. The van der Waals surface area contributed by atoms with Crippen molar-refractivity contribution in [3.8, 4) is 0 Å². The van der Waals surface area contributed by atoms with Crippen LogP contribution in [0.1, 0.15) is 56.7 Å². The van der Waals surface area contributed by atoms with Crippen molar-refractivity contribution in [1.29, 1.82) is 0 Å². The predicted molar refractivity (Wildman–Crippen MR) is 135 cm³/mol. The highest BCUT2D eigenvalue weighted by atomic mass is 32.2. The molecule has 0 saturated carbocycles. The van der Waals surface area contributed by atoms with Crippen LogP contribution >= 0.6 is 11.8 Å². The van der Waals surface area contributed by atoms with Gasteiger partial charge in [-0.25, -0.2) is 0 Å². The molecule has 3 heterocycles. The third-order valence-corrected chi connectivity index (χ3v) is 7.64. The lowest BCUT2D eigenvalue weighted by molar-refractivity contribution is -0.128. The topological polar surface area (TPSA) is 82.9 Å². The van der Waals surface area contributed by atoms with Gasteiger partial charge in [0, 0.05) is 18.7 Å². The SMILES string of the molecule is O=C(Nc1ccccc1C(=O)N1CCCCC1)c1ccc([C@H]2SCC(=O)N2Cc2ccco2)cc1. The average molecular weight is 490 g/mol. The second-order valence-electron chi connectivity index (χ2n) is 8.74. The summed E-state index contributed by atoms with van der Waals surface area (Å²) in [7, 11) is 0. The number of furan rings is 1. The molecule has 0 bridgehead atoms. The summed E-state index contributed by atoms with van der Waals surface area (Å²) in [4.78, 5) is 42.1. The lowest BCUT2D eigenvalue weighted by Crippen LogP contribution is -2.36. The zero-order valence-electron chi connectivity index (χ0n) is 19.3. The maximum absolute atomic E-state index is 13.0. The molecular formula is C27H27N3O4S. The maximum atomic E-state index is 13.0. The van der Waals surface area contributed by atoms with E-state index >= 15 is 0 Å². The number of carbonyl (C=O) groups excluding carboxylic acids is 3. The number of anilines is 1. The fraction of sp³-hybridized carbons (Fsp3) is 0.296. The Morgan fingerprint density at radius 3 is 2.49 bits per heavy atom. The van der Waals surface area contributed by atoms with E-state index in [0.29, 0.717) is 29.1 Å². The molecule has 5 rings (SSSR count). The molecule has 1 N–H and O–H groups in total. The van der Waals surface area contributed by atoms with Crippen LogP contribution in [0.15, 0.2) is 71.3 Å². The average Bonchev–Trinajstić information content (AvgIpc) is 3.55. The van der Waals surface area contributed by atoms with Gasteiger partial charge in [0.25, 0.3) is 11.8 Å². The molecule has 3 aromatic rings. The van der Waals surface area contributed by atoms with E-state index in [1.807, 2.05) is 41.3 Å². The van der Waals surface area contributed by atoms with Crippen molar-refractivity contribution in [1.82, 2.24) is 9.80 Å². The number of piperidine rings is 1. The summed E-state index contributed by atoms with van der Waals surface area (Å²) >= 11 is 1.56. The van der Waals surface area contributed by atoms with Crippen LogP contribution in [0.3, 0.4) is 0 Å². The molecule has 35 heavy (non-hydrogen) atoms. The number of likely N-dealkylation sites (tertiary alicyclic amines) is 1. The number of amides is 3. The van der Waals surface area contributed by atoms with Crippen molar-refractivity contribution < 1.29 is 18.8 Å². The highest BCUT2D eigenvalue weighted by Gasteiger charge is 2.33. The summed E-state index contributed by atoms with van der Waals surface area (Å²) < 4.78 is 5.42. The van der Waals surface area contributed by atoms with E-state index in [1.165, 1.54) is 0 Å². The largest absolute Gasteiger partial charge is 0.467 e. The first-order valence-electron chi connectivity index (χ1n) is 11.8. The standard InChI is InChI=1S/C27H27N3O4S/c31-24-18-35-27(30(24)17-21-7-6-16-34-21)20-12-10-19(11-13-20)25(32)28-23-9-3-2-8-22(23)26(33)29-14-4-1-5-15-29/h2-3,6-13,16,27H,1,4-5,14-15,17-18H2,(H,28,32)/t27-/m1/s1. The highest BCUT2D eigenvalue weighted by molar-refractivity contribution is 8.00. The first-order valence-corrected chi connectivity index (χ1v) is 12.9. The molecule has 7 nitrogen and oxygen atoms in total. The van der Waals surface area contributed by atoms with Crippen LogP contribution < -0.4 is 5.32 Å². The molecule has 1 atom stereocenters. The Hall–Kier alpha value is -3.52. The van der Waals surface area contributed by atoms with E-state index in [-0.39, 0.29) is 23.1 Å². The van der Waals surface area contributed by atoms with E-state index in [0.717, 1.165) is 43.7 Å². The maximum Gasteiger partial charge on any atom is 0.255 e. The Bertz CT molecular complexity index is 1200. The molecule has 2 aliphatic heterocycles. The van der Waals surface area contributed by atoms with E-state index in [4.69, 9.17) is 4.42 Å². The Labute approximate surface area is 208 Å². The number of nitrogens with zero attached hydrogens (tertiary/aromatic N) is 2. The molecule has 2 aliphatic rings. The third-order valence-electron chi connectivity index (χ3n) is 6.38. The van der Waals surface area contributed by atoms with Crippen molar-refractivity contribution in [3.63, 3.8) is 0 Å². The zero-order valence-corrected chi connectivity index (χ0v) is 20.1. The number of nitrogens with one attached hydrogen (secondary N) is 1. The lowest BCUT2D eigenvalue weighted by Gasteiger charge is -2.27. The van der Waals surface area contributed by atoms with Crippen LogP contribution in [0.2, 0.25) is 0 Å². The van der Waals surface area contributed by atoms with Crippen molar-refractivity contribution in [2.45, 2.75) is 31.2 Å². The Morgan fingerprint density at radius 1 is 0.971 bits per heavy atom. The molecule has 180 valence electrons. The summed E-state index contributed by atoms with van der Waals surface area (Å²) in [6, 6.07) is 18.1. The molecule has 2 saturated heterocycles. The van der Waals surface area contributed by atoms with E-state index in [9.17, 15) is 14.4 Å². The number of benzene rings is 2. The van der Waals surface area contributed by atoms with Gasteiger partial charge in [-0.15, -0.1) is 11.8 Å². The first kappa shape index (κ1) is 23.2. The summed E-state index contributed by atoms with van der Waals surface area (Å²) in [6.07, 6.45) is 4.77.